The van der Waals surface area contributed by atoms with Gasteiger partial charge >= 0.3 is 0 Å². The lowest BCUT2D eigenvalue weighted by atomic mass is 9.69. The number of carbonyl (C=O) groups excluding carboxylic acids is 1. The first-order valence-electron chi connectivity index (χ1n) is 7.91. The minimum atomic E-state index is 0.113. The molecule has 2 aliphatic rings. The number of hydrogen-bond acceptors (Lipinski definition) is 3. The molecule has 0 aromatic carbocycles. The first-order chi connectivity index (χ1) is 9.41. The van der Waals surface area contributed by atoms with Gasteiger partial charge in [0.1, 0.15) is 0 Å². The van der Waals surface area contributed by atoms with Gasteiger partial charge < -0.3 is 15.4 Å². The highest BCUT2D eigenvalue weighted by Crippen LogP contribution is 2.65. The molecule has 0 aromatic rings. The predicted molar refractivity (Wildman–Crippen MR) is 80.5 cm³/mol. The SMILES string of the molecule is COCCNC(=O)CCNC1CC2CCC1(C)C2(C)C. The molecule has 2 fully saturated rings. The standard InChI is InChI=1S/C16H30N2O2/c1-15(2)12-5-7-16(15,3)13(11-12)17-8-6-14(19)18-9-10-20-4/h12-13,17H,5-11H2,1-4H3,(H,18,19). The fraction of sp³-hybridized carbons (Fsp3) is 0.938. The van der Waals surface area contributed by atoms with E-state index in [0.717, 1.165) is 12.5 Å². The Bertz CT molecular complexity index is 356. The lowest BCUT2D eigenvalue weighted by Crippen LogP contribution is -2.45. The number of methoxy groups -OCH3 is 1. The maximum atomic E-state index is 11.7. The van der Waals surface area contributed by atoms with Gasteiger partial charge in [0.15, 0.2) is 0 Å². The monoisotopic (exact) mass is 282 g/mol. The van der Waals surface area contributed by atoms with E-state index < -0.39 is 0 Å². The summed E-state index contributed by atoms with van der Waals surface area (Å²) in [6.45, 7) is 9.23. The summed E-state index contributed by atoms with van der Waals surface area (Å²) < 4.78 is 4.92. The molecule has 0 aliphatic heterocycles. The second-order valence-electron chi connectivity index (χ2n) is 7.21. The quantitative estimate of drug-likeness (QED) is 0.702. The van der Waals surface area contributed by atoms with Crippen LogP contribution in [-0.2, 0) is 9.53 Å². The highest BCUT2D eigenvalue weighted by atomic mass is 16.5. The third-order valence-corrected chi connectivity index (χ3v) is 6.17. The van der Waals surface area contributed by atoms with E-state index in [4.69, 9.17) is 4.74 Å². The minimum Gasteiger partial charge on any atom is -0.383 e. The van der Waals surface area contributed by atoms with Crippen molar-refractivity contribution in [3.05, 3.63) is 0 Å². The summed E-state index contributed by atoms with van der Waals surface area (Å²) in [5.74, 6) is 0.961. The molecule has 0 heterocycles. The van der Waals surface area contributed by atoms with Crippen molar-refractivity contribution in [2.75, 3.05) is 26.8 Å². The van der Waals surface area contributed by atoms with Gasteiger partial charge in [-0.3, -0.25) is 4.79 Å². The summed E-state index contributed by atoms with van der Waals surface area (Å²) in [6, 6.07) is 0.572. The average Bonchev–Trinajstić information content (AvgIpc) is 2.72. The zero-order valence-corrected chi connectivity index (χ0v) is 13.4. The van der Waals surface area contributed by atoms with E-state index in [1.54, 1.807) is 7.11 Å². The van der Waals surface area contributed by atoms with Crippen molar-refractivity contribution >= 4 is 5.91 Å². The highest BCUT2D eigenvalue weighted by Gasteiger charge is 2.60. The maximum Gasteiger partial charge on any atom is 0.221 e. The predicted octanol–water partition coefficient (Wildman–Crippen LogP) is 1.94. The third-order valence-electron chi connectivity index (χ3n) is 6.17. The first kappa shape index (κ1) is 15.8. The molecule has 0 radical (unpaired) electrons. The van der Waals surface area contributed by atoms with Crippen LogP contribution < -0.4 is 10.6 Å². The zero-order valence-electron chi connectivity index (χ0n) is 13.4. The Labute approximate surface area is 123 Å². The molecule has 2 saturated carbocycles. The van der Waals surface area contributed by atoms with Crippen LogP contribution in [-0.4, -0.2) is 38.8 Å². The van der Waals surface area contributed by atoms with Crippen LogP contribution in [0.3, 0.4) is 0 Å². The van der Waals surface area contributed by atoms with Gasteiger partial charge in [0.05, 0.1) is 6.61 Å². The van der Waals surface area contributed by atoms with Crippen LogP contribution in [0.2, 0.25) is 0 Å². The van der Waals surface area contributed by atoms with E-state index >= 15 is 0 Å². The summed E-state index contributed by atoms with van der Waals surface area (Å²) in [4.78, 5) is 11.7. The number of ether oxygens (including phenoxy) is 1. The van der Waals surface area contributed by atoms with Gasteiger partial charge in [-0.15, -0.1) is 0 Å². The van der Waals surface area contributed by atoms with Crippen molar-refractivity contribution in [3.63, 3.8) is 0 Å². The lowest BCUT2D eigenvalue weighted by molar-refractivity contribution is -0.121. The Morgan fingerprint density at radius 3 is 2.60 bits per heavy atom. The molecule has 0 aromatic heterocycles. The van der Waals surface area contributed by atoms with E-state index in [2.05, 4.69) is 31.4 Å². The second-order valence-corrected chi connectivity index (χ2v) is 7.21. The smallest absolute Gasteiger partial charge is 0.221 e. The van der Waals surface area contributed by atoms with Crippen LogP contribution in [0.15, 0.2) is 0 Å². The molecular weight excluding hydrogens is 252 g/mol. The molecule has 2 bridgehead atoms. The van der Waals surface area contributed by atoms with Gasteiger partial charge in [0.2, 0.25) is 5.91 Å². The van der Waals surface area contributed by atoms with E-state index in [-0.39, 0.29) is 5.91 Å². The van der Waals surface area contributed by atoms with Gasteiger partial charge in [0.25, 0.3) is 0 Å². The molecule has 0 saturated heterocycles. The number of rotatable bonds is 7. The van der Waals surface area contributed by atoms with Crippen molar-refractivity contribution in [1.29, 1.82) is 0 Å². The van der Waals surface area contributed by atoms with Gasteiger partial charge in [-0.05, 0) is 36.0 Å². The van der Waals surface area contributed by atoms with E-state index in [1.807, 2.05) is 0 Å². The van der Waals surface area contributed by atoms with Gasteiger partial charge in [0, 0.05) is 32.7 Å². The van der Waals surface area contributed by atoms with Crippen LogP contribution in [0.5, 0.6) is 0 Å². The molecule has 20 heavy (non-hydrogen) atoms. The Kier molecular flexibility index (Phi) is 4.75. The molecule has 4 nitrogen and oxygen atoms in total. The maximum absolute atomic E-state index is 11.7. The molecule has 2 N–H and O–H groups in total. The fourth-order valence-electron chi connectivity index (χ4n) is 4.25. The Balaban J connectivity index is 1.72. The molecule has 1 amide bonds. The number of nitrogens with one attached hydrogen (secondary N) is 2. The first-order valence-corrected chi connectivity index (χ1v) is 7.91. The number of carbonyl (C=O) groups is 1. The summed E-state index contributed by atoms with van der Waals surface area (Å²) in [6.07, 6.45) is 4.53. The normalized spacial score (nSPS) is 34.4. The number of hydrogen-bond donors (Lipinski definition) is 2. The van der Waals surface area contributed by atoms with E-state index in [0.29, 0.717) is 36.4 Å². The van der Waals surface area contributed by atoms with Crippen LogP contribution in [0.1, 0.15) is 46.5 Å². The fourth-order valence-corrected chi connectivity index (χ4v) is 4.25. The van der Waals surface area contributed by atoms with Crippen molar-refractivity contribution in [1.82, 2.24) is 10.6 Å². The van der Waals surface area contributed by atoms with Gasteiger partial charge in [-0.2, -0.15) is 0 Å². The van der Waals surface area contributed by atoms with E-state index in [9.17, 15) is 4.79 Å². The summed E-state index contributed by atoms with van der Waals surface area (Å²) in [7, 11) is 1.64. The molecule has 0 spiro atoms. The Morgan fingerprint density at radius 2 is 2.05 bits per heavy atom. The van der Waals surface area contributed by atoms with Gasteiger partial charge in [-0.1, -0.05) is 20.8 Å². The summed E-state index contributed by atoms with van der Waals surface area (Å²) in [5, 5.41) is 6.50. The van der Waals surface area contributed by atoms with Crippen molar-refractivity contribution in [2.24, 2.45) is 16.7 Å². The summed E-state index contributed by atoms with van der Waals surface area (Å²) in [5.41, 5.74) is 0.829. The molecule has 116 valence electrons. The van der Waals surface area contributed by atoms with Crippen LogP contribution >= 0.6 is 0 Å². The number of fused-ring (bicyclic) bond motifs is 2. The molecule has 3 unspecified atom stereocenters. The minimum absolute atomic E-state index is 0.113. The Hall–Kier alpha value is -0.610. The highest BCUT2D eigenvalue weighted by molar-refractivity contribution is 5.76. The Morgan fingerprint density at radius 1 is 1.30 bits per heavy atom. The second kappa shape index (κ2) is 6.02. The topological polar surface area (TPSA) is 50.4 Å². The average molecular weight is 282 g/mol. The van der Waals surface area contributed by atoms with Crippen molar-refractivity contribution in [3.8, 4) is 0 Å². The molecule has 4 heteroatoms. The number of amides is 1. The van der Waals surface area contributed by atoms with E-state index in [1.165, 1.54) is 19.3 Å². The molecular formula is C16H30N2O2. The largest absolute Gasteiger partial charge is 0.383 e. The van der Waals surface area contributed by atoms with Crippen molar-refractivity contribution < 1.29 is 9.53 Å². The summed E-state index contributed by atoms with van der Waals surface area (Å²) >= 11 is 0. The van der Waals surface area contributed by atoms with Crippen LogP contribution in [0.4, 0.5) is 0 Å². The zero-order chi connectivity index (χ0) is 14.8. The molecule has 2 aliphatic carbocycles. The van der Waals surface area contributed by atoms with Gasteiger partial charge in [-0.25, -0.2) is 0 Å². The van der Waals surface area contributed by atoms with Crippen LogP contribution in [0, 0.1) is 16.7 Å². The molecule has 3 atom stereocenters. The third kappa shape index (κ3) is 2.73. The lowest BCUT2D eigenvalue weighted by Gasteiger charge is -2.39. The molecule has 2 rings (SSSR count). The van der Waals surface area contributed by atoms with Crippen molar-refractivity contribution in [2.45, 2.75) is 52.5 Å². The van der Waals surface area contributed by atoms with Crippen LogP contribution in [0.25, 0.3) is 0 Å².